The van der Waals surface area contributed by atoms with Crippen LogP contribution < -0.4 is 16.0 Å². The molecule has 1 aromatic carbocycles. The van der Waals surface area contributed by atoms with Gasteiger partial charge in [0.25, 0.3) is 0 Å². The van der Waals surface area contributed by atoms with Crippen LogP contribution in [0.1, 0.15) is 0 Å². The van der Waals surface area contributed by atoms with Gasteiger partial charge in [0.15, 0.2) is 23.4 Å². The third-order valence-corrected chi connectivity index (χ3v) is 3.28. The fourth-order valence-electron chi connectivity index (χ4n) is 2.02. The van der Waals surface area contributed by atoms with E-state index < -0.39 is 29.0 Å². The summed E-state index contributed by atoms with van der Waals surface area (Å²) in [4.78, 5) is 15.7. The van der Waals surface area contributed by atoms with Crippen molar-refractivity contribution in [1.82, 2.24) is 15.2 Å². The first kappa shape index (κ1) is 18.4. The number of halogens is 3. The Bertz CT molecular complexity index is 746. The van der Waals surface area contributed by atoms with Gasteiger partial charge in [0.05, 0.1) is 12.2 Å². The lowest BCUT2D eigenvalue weighted by Gasteiger charge is -2.12. The number of carbonyl (C=O) groups is 1. The number of rotatable bonds is 6. The Morgan fingerprint density at radius 3 is 2.52 bits per heavy atom. The SMILES string of the molecule is CN=C(NCCn1cccc1)NCC(=O)Nc1ccc(F)c(F)c1F. The summed E-state index contributed by atoms with van der Waals surface area (Å²) >= 11 is 0. The molecule has 1 amide bonds. The van der Waals surface area contributed by atoms with Crippen molar-refractivity contribution in [3.8, 4) is 0 Å². The number of hydrogen-bond acceptors (Lipinski definition) is 2. The molecule has 0 saturated carbocycles. The summed E-state index contributed by atoms with van der Waals surface area (Å²) in [5, 5.41) is 7.92. The zero-order chi connectivity index (χ0) is 18.2. The van der Waals surface area contributed by atoms with Gasteiger partial charge in [-0.05, 0) is 24.3 Å². The van der Waals surface area contributed by atoms with Gasteiger partial charge in [-0.25, -0.2) is 13.2 Å². The Kier molecular flexibility index (Phi) is 6.44. The van der Waals surface area contributed by atoms with Gasteiger partial charge in [-0.3, -0.25) is 9.79 Å². The molecule has 0 bridgehead atoms. The van der Waals surface area contributed by atoms with E-state index in [1.807, 2.05) is 29.1 Å². The van der Waals surface area contributed by atoms with Crippen LogP contribution in [0.25, 0.3) is 0 Å². The molecule has 0 fully saturated rings. The predicted molar refractivity (Wildman–Crippen MR) is 88.7 cm³/mol. The second-order valence-electron chi connectivity index (χ2n) is 5.04. The highest BCUT2D eigenvalue weighted by Crippen LogP contribution is 2.19. The highest BCUT2D eigenvalue weighted by atomic mass is 19.2. The number of aromatic nitrogens is 1. The van der Waals surface area contributed by atoms with Gasteiger partial charge < -0.3 is 20.5 Å². The highest BCUT2D eigenvalue weighted by molar-refractivity contribution is 5.95. The van der Waals surface area contributed by atoms with Crippen LogP contribution in [0.2, 0.25) is 0 Å². The van der Waals surface area contributed by atoms with Crippen molar-refractivity contribution >= 4 is 17.6 Å². The van der Waals surface area contributed by atoms with Gasteiger partial charge in [0.2, 0.25) is 5.91 Å². The summed E-state index contributed by atoms with van der Waals surface area (Å²) in [6, 6.07) is 5.52. The zero-order valence-corrected chi connectivity index (χ0v) is 13.5. The van der Waals surface area contributed by atoms with Crippen LogP contribution >= 0.6 is 0 Å². The van der Waals surface area contributed by atoms with Crippen molar-refractivity contribution in [1.29, 1.82) is 0 Å². The van der Waals surface area contributed by atoms with E-state index in [0.29, 0.717) is 19.0 Å². The second-order valence-corrected chi connectivity index (χ2v) is 5.04. The van der Waals surface area contributed by atoms with Crippen molar-refractivity contribution in [2.75, 3.05) is 25.5 Å². The number of carbonyl (C=O) groups excluding carboxylic acids is 1. The molecular weight excluding hydrogens is 335 g/mol. The van der Waals surface area contributed by atoms with Crippen LogP contribution in [0.15, 0.2) is 41.7 Å². The zero-order valence-electron chi connectivity index (χ0n) is 13.5. The van der Waals surface area contributed by atoms with Gasteiger partial charge in [0.1, 0.15) is 0 Å². The van der Waals surface area contributed by atoms with Crippen molar-refractivity contribution in [2.24, 2.45) is 4.99 Å². The molecule has 0 spiro atoms. The van der Waals surface area contributed by atoms with E-state index in [1.165, 1.54) is 7.05 Å². The number of aliphatic imine (C=N–C) groups is 1. The number of nitrogens with one attached hydrogen (secondary N) is 3. The number of benzene rings is 1. The maximum Gasteiger partial charge on any atom is 0.243 e. The molecule has 2 rings (SSSR count). The Hall–Kier alpha value is -2.97. The molecule has 6 nitrogen and oxygen atoms in total. The molecule has 0 atom stereocenters. The van der Waals surface area contributed by atoms with Crippen molar-refractivity contribution < 1.29 is 18.0 Å². The van der Waals surface area contributed by atoms with Crippen LogP contribution in [0, 0.1) is 17.5 Å². The van der Waals surface area contributed by atoms with Crippen LogP contribution in [0.3, 0.4) is 0 Å². The summed E-state index contributed by atoms with van der Waals surface area (Å²) in [6.07, 6.45) is 3.84. The minimum atomic E-state index is -1.63. The van der Waals surface area contributed by atoms with Gasteiger partial charge in [-0.1, -0.05) is 0 Å². The molecular formula is C16H18F3N5O. The average Bonchev–Trinajstić information content (AvgIpc) is 3.12. The van der Waals surface area contributed by atoms with E-state index in [9.17, 15) is 18.0 Å². The third-order valence-electron chi connectivity index (χ3n) is 3.28. The molecule has 0 aliphatic heterocycles. The fourth-order valence-corrected chi connectivity index (χ4v) is 2.02. The first-order chi connectivity index (χ1) is 12.0. The summed E-state index contributed by atoms with van der Waals surface area (Å²) in [5.74, 6) is -4.64. The molecule has 3 N–H and O–H groups in total. The Morgan fingerprint density at radius 1 is 1.12 bits per heavy atom. The molecule has 0 radical (unpaired) electrons. The van der Waals surface area contributed by atoms with Gasteiger partial charge in [0, 0.05) is 32.5 Å². The van der Waals surface area contributed by atoms with Crippen molar-refractivity contribution in [3.63, 3.8) is 0 Å². The maximum atomic E-state index is 13.5. The van der Waals surface area contributed by atoms with Crippen LogP contribution in [-0.2, 0) is 11.3 Å². The molecule has 0 saturated heterocycles. The number of anilines is 1. The first-order valence-electron chi connectivity index (χ1n) is 7.50. The monoisotopic (exact) mass is 353 g/mol. The summed E-state index contributed by atoms with van der Waals surface area (Å²) in [7, 11) is 1.54. The summed E-state index contributed by atoms with van der Waals surface area (Å²) in [5.41, 5.74) is -0.429. The van der Waals surface area contributed by atoms with E-state index >= 15 is 0 Å². The molecule has 1 heterocycles. The van der Waals surface area contributed by atoms with Crippen LogP contribution in [0.5, 0.6) is 0 Å². The predicted octanol–water partition coefficient (Wildman–Crippen LogP) is 1.71. The number of hydrogen-bond donors (Lipinski definition) is 3. The maximum absolute atomic E-state index is 13.5. The number of nitrogens with zero attached hydrogens (tertiary/aromatic N) is 2. The van der Waals surface area contributed by atoms with Gasteiger partial charge in [-0.2, -0.15) is 0 Å². The normalized spacial score (nSPS) is 11.3. The van der Waals surface area contributed by atoms with Gasteiger partial charge >= 0.3 is 0 Å². The largest absolute Gasteiger partial charge is 0.355 e. The van der Waals surface area contributed by atoms with Crippen LogP contribution in [0.4, 0.5) is 18.9 Å². The molecule has 9 heteroatoms. The number of amides is 1. The average molecular weight is 353 g/mol. The fraction of sp³-hybridized carbons (Fsp3) is 0.250. The quantitative estimate of drug-likeness (QED) is 0.421. The van der Waals surface area contributed by atoms with Crippen LogP contribution in [-0.4, -0.2) is 36.6 Å². The van der Waals surface area contributed by atoms with Gasteiger partial charge in [-0.15, -0.1) is 0 Å². The smallest absolute Gasteiger partial charge is 0.243 e. The lowest BCUT2D eigenvalue weighted by Crippen LogP contribution is -2.42. The summed E-state index contributed by atoms with van der Waals surface area (Å²) in [6.45, 7) is 1.06. The van der Waals surface area contributed by atoms with Crippen molar-refractivity contribution in [2.45, 2.75) is 6.54 Å². The molecule has 25 heavy (non-hydrogen) atoms. The first-order valence-corrected chi connectivity index (χ1v) is 7.50. The molecule has 134 valence electrons. The van der Waals surface area contributed by atoms with E-state index in [0.717, 1.165) is 12.1 Å². The second kappa shape index (κ2) is 8.76. The lowest BCUT2D eigenvalue weighted by molar-refractivity contribution is -0.115. The minimum absolute atomic E-state index is 0.221. The van der Waals surface area contributed by atoms with Crippen molar-refractivity contribution in [3.05, 3.63) is 54.1 Å². The molecule has 0 aliphatic rings. The minimum Gasteiger partial charge on any atom is -0.355 e. The molecule has 1 aromatic heterocycles. The van der Waals surface area contributed by atoms with E-state index in [1.54, 1.807) is 0 Å². The third kappa shape index (κ3) is 5.27. The Balaban J connectivity index is 1.79. The van der Waals surface area contributed by atoms with E-state index in [2.05, 4.69) is 20.9 Å². The Morgan fingerprint density at radius 2 is 1.84 bits per heavy atom. The van der Waals surface area contributed by atoms with E-state index in [-0.39, 0.29) is 6.54 Å². The number of guanidine groups is 1. The topological polar surface area (TPSA) is 70.5 Å². The molecule has 0 unspecified atom stereocenters. The lowest BCUT2D eigenvalue weighted by atomic mass is 10.2. The summed E-state index contributed by atoms with van der Waals surface area (Å²) < 4.78 is 41.4. The highest BCUT2D eigenvalue weighted by Gasteiger charge is 2.15. The molecule has 2 aromatic rings. The standard InChI is InChI=1S/C16H18F3N5O/c1-20-16(21-6-9-24-7-2-3-8-24)22-10-13(25)23-12-5-4-11(17)14(18)15(12)19/h2-5,7-8H,6,9-10H2,1H3,(H,23,25)(H2,20,21,22). The van der Waals surface area contributed by atoms with E-state index in [4.69, 9.17) is 0 Å². The molecule has 0 aliphatic carbocycles. The Labute approximate surface area is 142 Å².